The van der Waals surface area contributed by atoms with Crippen molar-refractivity contribution >= 4 is 34.8 Å². The fourth-order valence-corrected chi connectivity index (χ4v) is 2.80. The molecule has 0 aliphatic heterocycles. The molecule has 0 saturated carbocycles. The van der Waals surface area contributed by atoms with Gasteiger partial charge in [0, 0.05) is 18.1 Å². The lowest BCUT2D eigenvalue weighted by Gasteiger charge is -2.11. The van der Waals surface area contributed by atoms with Gasteiger partial charge in [-0.3, -0.25) is 4.79 Å². The van der Waals surface area contributed by atoms with Crippen molar-refractivity contribution in [3.63, 3.8) is 0 Å². The quantitative estimate of drug-likeness (QED) is 0.686. The van der Waals surface area contributed by atoms with Crippen LogP contribution in [0.4, 0.5) is 21.7 Å². The highest BCUT2D eigenvalue weighted by atomic mass is 35.5. The number of rotatable bonds is 4. The third-order valence-electron chi connectivity index (χ3n) is 3.68. The Labute approximate surface area is 155 Å². The number of nitrogens with one attached hydrogen (secondary N) is 2. The van der Waals surface area contributed by atoms with Crippen molar-refractivity contribution in [1.82, 2.24) is 9.97 Å². The lowest BCUT2D eigenvalue weighted by atomic mass is 10.1. The van der Waals surface area contributed by atoms with E-state index in [1.807, 2.05) is 26.0 Å². The Morgan fingerprint density at radius 1 is 1.08 bits per heavy atom. The van der Waals surface area contributed by atoms with Crippen LogP contribution >= 0.6 is 11.6 Å². The highest BCUT2D eigenvalue weighted by Crippen LogP contribution is 2.29. The molecule has 0 aliphatic carbocycles. The van der Waals surface area contributed by atoms with Gasteiger partial charge in [0.1, 0.15) is 5.82 Å². The van der Waals surface area contributed by atoms with Crippen molar-refractivity contribution in [3.8, 4) is 0 Å². The second-order valence-electron chi connectivity index (χ2n) is 5.82. The smallest absolute Gasteiger partial charge is 0.258 e. The minimum Gasteiger partial charge on any atom is -0.323 e. The fraction of sp³-hybridized carbons (Fsp3) is 0.105. The van der Waals surface area contributed by atoms with E-state index < -0.39 is 0 Å². The van der Waals surface area contributed by atoms with Crippen LogP contribution in [0.15, 0.2) is 48.8 Å². The van der Waals surface area contributed by atoms with Crippen molar-refractivity contribution < 1.29 is 9.18 Å². The van der Waals surface area contributed by atoms with Gasteiger partial charge in [-0.1, -0.05) is 17.7 Å². The van der Waals surface area contributed by atoms with E-state index in [1.165, 1.54) is 36.7 Å². The molecule has 0 aliphatic rings. The van der Waals surface area contributed by atoms with E-state index in [0.717, 1.165) is 16.8 Å². The van der Waals surface area contributed by atoms with E-state index >= 15 is 0 Å². The second-order valence-corrected chi connectivity index (χ2v) is 6.23. The van der Waals surface area contributed by atoms with Crippen LogP contribution < -0.4 is 10.6 Å². The van der Waals surface area contributed by atoms with E-state index in [0.29, 0.717) is 16.7 Å². The minimum absolute atomic E-state index is 0.284. The van der Waals surface area contributed by atoms with E-state index in [4.69, 9.17) is 11.6 Å². The Bertz CT molecular complexity index is 920. The average Bonchev–Trinajstić information content (AvgIpc) is 2.60. The van der Waals surface area contributed by atoms with Gasteiger partial charge in [0.2, 0.25) is 5.95 Å². The lowest BCUT2D eigenvalue weighted by Crippen LogP contribution is -2.13. The van der Waals surface area contributed by atoms with Crippen LogP contribution in [0.3, 0.4) is 0 Å². The van der Waals surface area contributed by atoms with Crippen LogP contribution in [0.5, 0.6) is 0 Å². The number of carbonyl (C=O) groups excluding carboxylic acids is 1. The zero-order valence-electron chi connectivity index (χ0n) is 14.2. The number of hydrogen-bond donors (Lipinski definition) is 2. The number of benzene rings is 2. The molecule has 0 fully saturated rings. The predicted molar refractivity (Wildman–Crippen MR) is 101 cm³/mol. The first-order chi connectivity index (χ1) is 12.4. The molecule has 2 aromatic carbocycles. The van der Waals surface area contributed by atoms with Gasteiger partial charge >= 0.3 is 0 Å². The highest BCUT2D eigenvalue weighted by molar-refractivity contribution is 6.33. The van der Waals surface area contributed by atoms with E-state index in [1.54, 1.807) is 0 Å². The van der Waals surface area contributed by atoms with Gasteiger partial charge in [0.15, 0.2) is 0 Å². The maximum atomic E-state index is 12.9. The summed E-state index contributed by atoms with van der Waals surface area (Å²) in [6, 6.07) is 9.35. The van der Waals surface area contributed by atoms with Crippen molar-refractivity contribution in [2.24, 2.45) is 0 Å². The Balaban J connectivity index is 1.72. The molecular weight excluding hydrogens is 355 g/mol. The molecule has 0 bridgehead atoms. The second kappa shape index (κ2) is 7.49. The molecule has 3 aromatic rings. The zero-order chi connectivity index (χ0) is 18.7. The van der Waals surface area contributed by atoms with E-state index in [2.05, 4.69) is 20.6 Å². The third kappa shape index (κ3) is 4.15. The first kappa shape index (κ1) is 17.8. The molecule has 132 valence electrons. The number of amides is 1. The van der Waals surface area contributed by atoms with Crippen molar-refractivity contribution in [3.05, 3.63) is 76.3 Å². The standard InChI is InChI=1S/C19H16ClFN4O/c1-11-7-12(2)17(16(20)8-11)25-19-22-9-13(10-23-19)18(26)24-15-5-3-14(21)4-6-15/h3-10H,1-2H3,(H,24,26)(H,22,23,25). The molecule has 0 radical (unpaired) electrons. The van der Waals surface area contributed by atoms with E-state index in [-0.39, 0.29) is 17.3 Å². The highest BCUT2D eigenvalue weighted by Gasteiger charge is 2.10. The number of aryl methyl sites for hydroxylation is 2. The Hall–Kier alpha value is -2.99. The summed E-state index contributed by atoms with van der Waals surface area (Å²) in [6.07, 6.45) is 2.82. The summed E-state index contributed by atoms with van der Waals surface area (Å²) < 4.78 is 12.9. The van der Waals surface area contributed by atoms with Crippen LogP contribution in [0.1, 0.15) is 21.5 Å². The van der Waals surface area contributed by atoms with Crippen molar-refractivity contribution in [2.75, 3.05) is 10.6 Å². The van der Waals surface area contributed by atoms with Crippen molar-refractivity contribution in [2.45, 2.75) is 13.8 Å². The molecule has 26 heavy (non-hydrogen) atoms. The van der Waals surface area contributed by atoms with Gasteiger partial charge in [-0.2, -0.15) is 0 Å². The molecule has 1 amide bonds. The zero-order valence-corrected chi connectivity index (χ0v) is 14.9. The molecule has 3 rings (SSSR count). The third-order valence-corrected chi connectivity index (χ3v) is 3.98. The first-order valence-electron chi connectivity index (χ1n) is 7.85. The molecule has 5 nitrogen and oxygen atoms in total. The fourth-order valence-electron chi connectivity index (χ4n) is 2.43. The Morgan fingerprint density at radius 3 is 2.35 bits per heavy atom. The van der Waals surface area contributed by atoms with Gasteiger partial charge in [-0.25, -0.2) is 14.4 Å². The molecule has 1 heterocycles. The Morgan fingerprint density at radius 2 is 1.73 bits per heavy atom. The van der Waals surface area contributed by atoms with Gasteiger partial charge in [-0.05, 0) is 55.3 Å². The number of carbonyl (C=O) groups is 1. The maximum absolute atomic E-state index is 12.9. The first-order valence-corrected chi connectivity index (χ1v) is 8.23. The number of halogens is 2. The summed E-state index contributed by atoms with van der Waals surface area (Å²) in [4.78, 5) is 20.5. The monoisotopic (exact) mass is 370 g/mol. The van der Waals surface area contributed by atoms with Gasteiger partial charge < -0.3 is 10.6 Å². The summed E-state index contributed by atoms with van der Waals surface area (Å²) in [5.41, 5.74) is 3.52. The number of anilines is 3. The summed E-state index contributed by atoms with van der Waals surface area (Å²) >= 11 is 6.26. The van der Waals surface area contributed by atoms with Crippen LogP contribution in [0, 0.1) is 19.7 Å². The van der Waals surface area contributed by atoms with E-state index in [9.17, 15) is 9.18 Å². The molecule has 0 saturated heterocycles. The normalized spacial score (nSPS) is 10.5. The number of nitrogens with zero attached hydrogens (tertiary/aromatic N) is 2. The number of hydrogen-bond acceptors (Lipinski definition) is 4. The summed E-state index contributed by atoms with van der Waals surface area (Å²) in [6.45, 7) is 3.90. The lowest BCUT2D eigenvalue weighted by molar-refractivity contribution is 0.102. The maximum Gasteiger partial charge on any atom is 0.258 e. The molecule has 7 heteroatoms. The van der Waals surface area contributed by atoms with Crippen LogP contribution in [-0.4, -0.2) is 15.9 Å². The predicted octanol–water partition coefficient (Wildman–Crippen LogP) is 4.88. The van der Waals surface area contributed by atoms with Crippen LogP contribution in [0.25, 0.3) is 0 Å². The van der Waals surface area contributed by atoms with Gasteiger partial charge in [0.25, 0.3) is 5.91 Å². The molecular formula is C19H16ClFN4O. The van der Waals surface area contributed by atoms with Gasteiger partial charge in [0.05, 0.1) is 16.3 Å². The molecule has 0 unspecified atom stereocenters. The van der Waals surface area contributed by atoms with Gasteiger partial charge in [-0.15, -0.1) is 0 Å². The largest absolute Gasteiger partial charge is 0.323 e. The van der Waals surface area contributed by atoms with Crippen LogP contribution in [-0.2, 0) is 0 Å². The SMILES string of the molecule is Cc1cc(C)c(Nc2ncc(C(=O)Nc3ccc(F)cc3)cn2)c(Cl)c1. The Kier molecular flexibility index (Phi) is 5.14. The molecule has 0 spiro atoms. The minimum atomic E-state index is -0.382. The average molecular weight is 371 g/mol. The van der Waals surface area contributed by atoms with Crippen LogP contribution in [0.2, 0.25) is 5.02 Å². The molecule has 2 N–H and O–H groups in total. The summed E-state index contributed by atoms with van der Waals surface area (Å²) in [5.74, 6) is -0.420. The summed E-state index contributed by atoms with van der Waals surface area (Å²) in [5, 5.41) is 6.29. The topological polar surface area (TPSA) is 66.9 Å². The molecule has 0 atom stereocenters. The summed E-state index contributed by atoms with van der Waals surface area (Å²) in [7, 11) is 0. The van der Waals surface area contributed by atoms with Crippen molar-refractivity contribution in [1.29, 1.82) is 0 Å². The number of aromatic nitrogens is 2. The molecule has 1 aromatic heterocycles.